The predicted octanol–water partition coefficient (Wildman–Crippen LogP) is -1.65. The number of nitrogens with two attached hydrogens (primary N) is 1. The van der Waals surface area contributed by atoms with Gasteiger partial charge in [0, 0.05) is 45.8 Å². The lowest BCUT2D eigenvalue weighted by molar-refractivity contribution is 0.117. The lowest BCUT2D eigenvalue weighted by Crippen LogP contribution is -2.55. The van der Waals surface area contributed by atoms with Crippen molar-refractivity contribution in [1.29, 1.82) is 0 Å². The molecule has 0 aliphatic carbocycles. The molecule has 1 heterocycles. The minimum absolute atomic E-state index is 0.219. The van der Waals surface area contributed by atoms with Crippen LogP contribution in [-0.4, -0.2) is 89.0 Å². The number of hydrogen-bond acceptors (Lipinski definition) is 5. The van der Waals surface area contributed by atoms with E-state index < -0.39 is 10.2 Å². The van der Waals surface area contributed by atoms with Gasteiger partial charge in [0.05, 0.1) is 0 Å². The van der Waals surface area contributed by atoms with E-state index in [-0.39, 0.29) is 6.04 Å². The van der Waals surface area contributed by atoms with Crippen LogP contribution in [0, 0.1) is 0 Å². The lowest BCUT2D eigenvalue weighted by atomic mass is 10.2. The van der Waals surface area contributed by atoms with Crippen molar-refractivity contribution in [1.82, 2.24) is 18.8 Å². The van der Waals surface area contributed by atoms with Gasteiger partial charge in [0.1, 0.15) is 0 Å². The number of hydrogen-bond donors (Lipinski definition) is 2. The van der Waals surface area contributed by atoms with Gasteiger partial charge >= 0.3 is 0 Å². The van der Waals surface area contributed by atoms with Gasteiger partial charge in [-0.05, 0) is 27.1 Å². The molecule has 1 aliphatic rings. The molecule has 3 N–H and O–H groups in total. The average Bonchev–Trinajstić information content (AvgIpc) is 2.37. The monoisotopic (exact) mass is 293 g/mol. The maximum absolute atomic E-state index is 12.0. The van der Waals surface area contributed by atoms with Gasteiger partial charge in [-0.15, -0.1) is 0 Å². The number of rotatable bonds is 7. The second-order valence-electron chi connectivity index (χ2n) is 5.21. The fourth-order valence-electron chi connectivity index (χ4n) is 2.07. The number of nitrogens with one attached hydrogen (secondary N) is 1. The van der Waals surface area contributed by atoms with Crippen LogP contribution in [0.4, 0.5) is 0 Å². The fourth-order valence-corrected chi connectivity index (χ4v) is 3.06. The Bertz CT molecular complexity index is 362. The molecule has 7 nitrogen and oxygen atoms in total. The van der Waals surface area contributed by atoms with Crippen LogP contribution in [0.15, 0.2) is 0 Å². The van der Waals surface area contributed by atoms with Crippen LogP contribution in [0.1, 0.15) is 6.42 Å². The van der Waals surface area contributed by atoms with E-state index in [0.29, 0.717) is 26.1 Å². The van der Waals surface area contributed by atoms with Gasteiger partial charge < -0.3 is 10.6 Å². The van der Waals surface area contributed by atoms with E-state index in [9.17, 15) is 8.42 Å². The molecule has 0 aromatic rings. The van der Waals surface area contributed by atoms with Crippen molar-refractivity contribution in [2.75, 3.05) is 60.4 Å². The van der Waals surface area contributed by atoms with E-state index in [2.05, 4.69) is 21.6 Å². The summed E-state index contributed by atoms with van der Waals surface area (Å²) in [6, 6.07) is 0.219. The first-order chi connectivity index (χ1) is 8.86. The number of nitrogens with zero attached hydrogens (tertiary/aromatic N) is 3. The number of piperazine rings is 1. The molecule has 0 saturated carbocycles. The Balaban J connectivity index is 2.45. The summed E-state index contributed by atoms with van der Waals surface area (Å²) >= 11 is 0. The van der Waals surface area contributed by atoms with Crippen LogP contribution < -0.4 is 10.5 Å². The van der Waals surface area contributed by atoms with E-state index in [0.717, 1.165) is 19.6 Å². The van der Waals surface area contributed by atoms with Crippen molar-refractivity contribution in [3.05, 3.63) is 0 Å². The van der Waals surface area contributed by atoms with Gasteiger partial charge in [0.2, 0.25) is 0 Å². The molecule has 1 aliphatic heterocycles. The van der Waals surface area contributed by atoms with E-state index in [1.807, 2.05) is 7.05 Å². The van der Waals surface area contributed by atoms with E-state index in [1.165, 1.54) is 4.31 Å². The van der Waals surface area contributed by atoms with Crippen molar-refractivity contribution in [3.8, 4) is 0 Å². The first-order valence-electron chi connectivity index (χ1n) is 6.66. The van der Waals surface area contributed by atoms with Gasteiger partial charge in [-0.25, -0.2) is 4.72 Å². The fraction of sp³-hybridized carbons (Fsp3) is 1.00. The molecule has 0 radical (unpaired) electrons. The number of likely N-dealkylation sites (N-methyl/N-ethyl adjacent to an activating group) is 2. The Hall–Kier alpha value is -0.250. The molecule has 1 atom stereocenters. The molecule has 8 heteroatoms. The average molecular weight is 293 g/mol. The maximum atomic E-state index is 12.0. The highest BCUT2D eigenvalue weighted by Gasteiger charge is 2.25. The molecule has 0 spiro atoms. The molecule has 1 rings (SSSR count). The van der Waals surface area contributed by atoms with Crippen LogP contribution in [0.5, 0.6) is 0 Å². The molecule has 0 aromatic heterocycles. The Morgan fingerprint density at radius 2 is 2.05 bits per heavy atom. The third kappa shape index (κ3) is 5.33. The Kier molecular flexibility index (Phi) is 6.64. The summed E-state index contributed by atoms with van der Waals surface area (Å²) in [5, 5.41) is 0. The smallest absolute Gasteiger partial charge is 0.279 e. The largest absolute Gasteiger partial charge is 0.330 e. The van der Waals surface area contributed by atoms with Gasteiger partial charge in [0.15, 0.2) is 0 Å². The Labute approximate surface area is 116 Å². The first kappa shape index (κ1) is 16.8. The van der Waals surface area contributed by atoms with Crippen molar-refractivity contribution in [2.45, 2.75) is 12.5 Å². The molecular weight excluding hydrogens is 266 g/mol. The normalized spacial score (nSPS) is 23.1. The summed E-state index contributed by atoms with van der Waals surface area (Å²) in [5.41, 5.74) is 5.39. The van der Waals surface area contributed by atoms with Gasteiger partial charge in [-0.2, -0.15) is 12.7 Å². The third-order valence-electron chi connectivity index (χ3n) is 3.57. The van der Waals surface area contributed by atoms with Crippen LogP contribution in [-0.2, 0) is 10.2 Å². The topological polar surface area (TPSA) is 81.9 Å². The lowest BCUT2D eigenvalue weighted by Gasteiger charge is -2.37. The van der Waals surface area contributed by atoms with Crippen LogP contribution in [0.3, 0.4) is 0 Å². The summed E-state index contributed by atoms with van der Waals surface area (Å²) in [6.45, 7) is 4.26. The van der Waals surface area contributed by atoms with Crippen molar-refractivity contribution in [2.24, 2.45) is 5.73 Å². The maximum Gasteiger partial charge on any atom is 0.279 e. The molecule has 0 amide bonds. The molecule has 0 aromatic carbocycles. The zero-order valence-corrected chi connectivity index (χ0v) is 13.0. The summed E-state index contributed by atoms with van der Waals surface area (Å²) in [5.74, 6) is 0. The minimum Gasteiger partial charge on any atom is -0.330 e. The summed E-state index contributed by atoms with van der Waals surface area (Å²) in [7, 11) is 2.28. The van der Waals surface area contributed by atoms with Gasteiger partial charge in [-0.1, -0.05) is 0 Å². The highest BCUT2D eigenvalue weighted by molar-refractivity contribution is 7.87. The standard InChI is InChI=1S/C11H27N5O2S/c1-14-7-8-15(2)11(10-14)9-13-19(17,18)16(3)6-4-5-12/h11,13H,4-10,12H2,1-3H3. The van der Waals surface area contributed by atoms with Crippen LogP contribution in [0.2, 0.25) is 0 Å². The molecule has 0 bridgehead atoms. The highest BCUT2D eigenvalue weighted by atomic mass is 32.2. The second-order valence-corrected chi connectivity index (χ2v) is 7.08. The highest BCUT2D eigenvalue weighted by Crippen LogP contribution is 2.05. The second kappa shape index (κ2) is 7.51. The van der Waals surface area contributed by atoms with E-state index >= 15 is 0 Å². The van der Waals surface area contributed by atoms with Gasteiger partial charge in [0.25, 0.3) is 10.2 Å². The molecule has 1 saturated heterocycles. The summed E-state index contributed by atoms with van der Waals surface area (Å²) < 4.78 is 28.0. The van der Waals surface area contributed by atoms with Crippen molar-refractivity contribution < 1.29 is 8.42 Å². The zero-order chi connectivity index (χ0) is 14.5. The Morgan fingerprint density at radius 3 is 2.68 bits per heavy atom. The van der Waals surface area contributed by atoms with Gasteiger partial charge in [-0.3, -0.25) is 4.90 Å². The third-order valence-corrected chi connectivity index (χ3v) is 5.10. The first-order valence-corrected chi connectivity index (χ1v) is 8.10. The molecule has 19 heavy (non-hydrogen) atoms. The van der Waals surface area contributed by atoms with Crippen LogP contribution in [0.25, 0.3) is 0 Å². The molecule has 1 fully saturated rings. The molecular formula is C11H27N5O2S. The van der Waals surface area contributed by atoms with Crippen molar-refractivity contribution >= 4 is 10.2 Å². The van der Waals surface area contributed by atoms with E-state index in [4.69, 9.17) is 5.73 Å². The Morgan fingerprint density at radius 1 is 1.37 bits per heavy atom. The minimum atomic E-state index is -3.39. The predicted molar refractivity (Wildman–Crippen MR) is 77.1 cm³/mol. The van der Waals surface area contributed by atoms with Crippen molar-refractivity contribution in [3.63, 3.8) is 0 Å². The zero-order valence-electron chi connectivity index (χ0n) is 12.2. The molecule has 1 unspecified atom stereocenters. The van der Waals surface area contributed by atoms with E-state index in [1.54, 1.807) is 7.05 Å². The SMILES string of the molecule is CN1CCN(C)C(CNS(=O)(=O)N(C)CCCN)C1. The molecule has 114 valence electrons. The summed E-state index contributed by atoms with van der Waals surface area (Å²) in [6.07, 6.45) is 0.670. The summed E-state index contributed by atoms with van der Waals surface area (Å²) in [4.78, 5) is 4.42. The van der Waals surface area contributed by atoms with Crippen LogP contribution >= 0.6 is 0 Å². The quantitative estimate of drug-likeness (QED) is 0.588.